The van der Waals surface area contributed by atoms with Gasteiger partial charge in [-0.2, -0.15) is 0 Å². The van der Waals surface area contributed by atoms with Gasteiger partial charge in [-0.25, -0.2) is 0 Å². The van der Waals surface area contributed by atoms with Crippen molar-refractivity contribution in [2.24, 2.45) is 11.7 Å². The molecule has 0 spiro atoms. The van der Waals surface area contributed by atoms with Crippen LogP contribution in [0, 0.1) is 5.92 Å². The number of amides is 2. The third-order valence-electron chi connectivity index (χ3n) is 3.69. The number of halogens is 2. The quantitative estimate of drug-likeness (QED) is 0.899. The van der Waals surface area contributed by atoms with Crippen molar-refractivity contribution < 1.29 is 9.59 Å². The van der Waals surface area contributed by atoms with Crippen LogP contribution in [0.15, 0.2) is 24.3 Å². The Morgan fingerprint density at radius 1 is 1.32 bits per heavy atom. The Balaban J connectivity index is 0.00000242. The van der Waals surface area contributed by atoms with Crippen LogP contribution >= 0.6 is 24.0 Å². The third-order valence-corrected chi connectivity index (χ3v) is 3.94. The van der Waals surface area contributed by atoms with Gasteiger partial charge < -0.3 is 15.5 Å². The van der Waals surface area contributed by atoms with Gasteiger partial charge in [0.25, 0.3) is 0 Å². The maximum absolute atomic E-state index is 12.2. The molecule has 2 amide bonds. The number of hydrogen-bond acceptors (Lipinski definition) is 3. The smallest absolute Gasteiger partial charge is 0.242 e. The zero-order valence-electron chi connectivity index (χ0n) is 12.5. The van der Waals surface area contributed by atoms with Crippen molar-refractivity contribution in [2.45, 2.75) is 13.5 Å². The minimum absolute atomic E-state index is 0. The molecule has 0 aromatic heterocycles. The molecule has 0 aliphatic carbocycles. The van der Waals surface area contributed by atoms with E-state index in [0.29, 0.717) is 31.2 Å². The maximum atomic E-state index is 12.2. The molecular formula is C15H21Cl2N3O2. The highest BCUT2D eigenvalue weighted by Gasteiger charge is 2.28. The average Bonchev–Trinajstić information content (AvgIpc) is 2.50. The van der Waals surface area contributed by atoms with Gasteiger partial charge in [-0.3, -0.25) is 9.59 Å². The largest absolute Gasteiger partial charge is 0.335 e. The van der Waals surface area contributed by atoms with Crippen LogP contribution < -0.4 is 5.73 Å². The first-order valence-electron chi connectivity index (χ1n) is 7.02. The fourth-order valence-corrected chi connectivity index (χ4v) is 2.41. The summed E-state index contributed by atoms with van der Waals surface area (Å²) in [5, 5.41) is 0.677. The summed E-state index contributed by atoms with van der Waals surface area (Å²) >= 11 is 5.85. The molecule has 0 radical (unpaired) electrons. The van der Waals surface area contributed by atoms with Crippen LogP contribution in [-0.4, -0.2) is 47.8 Å². The van der Waals surface area contributed by atoms with Gasteiger partial charge in [-0.1, -0.05) is 30.7 Å². The Kier molecular flexibility index (Phi) is 7.13. The highest BCUT2D eigenvalue weighted by atomic mass is 35.5. The maximum Gasteiger partial charge on any atom is 0.242 e. The van der Waals surface area contributed by atoms with Gasteiger partial charge in [0.05, 0.1) is 6.54 Å². The van der Waals surface area contributed by atoms with E-state index in [1.165, 1.54) is 0 Å². The summed E-state index contributed by atoms with van der Waals surface area (Å²) in [6, 6.07) is 7.43. The number of carbonyl (C=O) groups excluding carboxylic acids is 2. The molecule has 2 rings (SSSR count). The van der Waals surface area contributed by atoms with E-state index in [4.69, 9.17) is 17.3 Å². The molecule has 1 fully saturated rings. The fourth-order valence-electron chi connectivity index (χ4n) is 2.29. The molecule has 1 aromatic carbocycles. The van der Waals surface area contributed by atoms with Gasteiger partial charge >= 0.3 is 0 Å². The lowest BCUT2D eigenvalue weighted by Gasteiger charge is -2.35. The molecule has 1 aliphatic heterocycles. The van der Waals surface area contributed by atoms with E-state index in [1.807, 2.05) is 24.3 Å². The first-order chi connectivity index (χ1) is 10.0. The van der Waals surface area contributed by atoms with E-state index in [0.717, 1.165) is 5.56 Å². The summed E-state index contributed by atoms with van der Waals surface area (Å²) in [5.74, 6) is -0.314. The predicted octanol–water partition coefficient (Wildman–Crippen LogP) is 1.53. The molecule has 1 heterocycles. The second-order valence-electron chi connectivity index (χ2n) is 5.34. The molecule has 1 aliphatic rings. The molecular weight excluding hydrogens is 325 g/mol. The predicted molar refractivity (Wildman–Crippen MR) is 88.9 cm³/mol. The van der Waals surface area contributed by atoms with Gasteiger partial charge in [0.2, 0.25) is 11.8 Å². The molecule has 0 bridgehead atoms. The van der Waals surface area contributed by atoms with Crippen molar-refractivity contribution in [3.63, 3.8) is 0 Å². The first kappa shape index (κ1) is 18.7. The lowest BCUT2D eigenvalue weighted by molar-refractivity contribution is -0.147. The number of nitrogens with zero attached hydrogens (tertiary/aromatic N) is 2. The van der Waals surface area contributed by atoms with Crippen LogP contribution in [0.1, 0.15) is 12.5 Å². The van der Waals surface area contributed by atoms with E-state index in [1.54, 1.807) is 16.7 Å². The van der Waals surface area contributed by atoms with Crippen molar-refractivity contribution in [1.82, 2.24) is 9.80 Å². The molecule has 1 atom stereocenters. The van der Waals surface area contributed by atoms with Crippen LogP contribution in [0.2, 0.25) is 5.02 Å². The SMILES string of the molecule is CC(CN)C(=O)N1CCN(Cc2ccc(Cl)cc2)C(=O)C1.Cl. The summed E-state index contributed by atoms with van der Waals surface area (Å²) in [4.78, 5) is 27.6. The highest BCUT2D eigenvalue weighted by Crippen LogP contribution is 2.14. The number of nitrogens with two attached hydrogens (primary N) is 1. The Morgan fingerprint density at radius 3 is 2.50 bits per heavy atom. The van der Waals surface area contributed by atoms with E-state index in [9.17, 15) is 9.59 Å². The lowest BCUT2D eigenvalue weighted by Crippen LogP contribution is -2.53. The standard InChI is InChI=1S/C15H20ClN3O2.ClH/c1-11(8-17)15(21)19-7-6-18(14(20)10-19)9-12-2-4-13(16)5-3-12;/h2-5,11H,6-10,17H2,1H3;1H. The molecule has 1 aromatic rings. The second kappa shape index (κ2) is 8.36. The summed E-state index contributed by atoms with van der Waals surface area (Å²) < 4.78 is 0. The Bertz CT molecular complexity index is 522. The third kappa shape index (κ3) is 4.60. The van der Waals surface area contributed by atoms with Gasteiger partial charge in [0, 0.05) is 37.1 Å². The molecule has 22 heavy (non-hydrogen) atoms. The van der Waals surface area contributed by atoms with Crippen molar-refractivity contribution in [3.05, 3.63) is 34.9 Å². The molecule has 1 unspecified atom stereocenters. The van der Waals surface area contributed by atoms with Crippen molar-refractivity contribution >= 4 is 35.8 Å². The highest BCUT2D eigenvalue weighted by molar-refractivity contribution is 6.30. The van der Waals surface area contributed by atoms with Crippen LogP contribution in [0.3, 0.4) is 0 Å². The van der Waals surface area contributed by atoms with Crippen molar-refractivity contribution in [2.75, 3.05) is 26.2 Å². The van der Waals surface area contributed by atoms with E-state index in [2.05, 4.69) is 0 Å². The van der Waals surface area contributed by atoms with Gasteiger partial charge in [0.1, 0.15) is 0 Å². The first-order valence-corrected chi connectivity index (χ1v) is 7.40. The topological polar surface area (TPSA) is 66.6 Å². The molecule has 0 saturated carbocycles. The minimum atomic E-state index is -0.236. The van der Waals surface area contributed by atoms with Crippen LogP contribution in [0.4, 0.5) is 0 Å². The normalized spacial score (nSPS) is 16.2. The monoisotopic (exact) mass is 345 g/mol. The molecule has 7 heteroatoms. The Hall–Kier alpha value is -1.30. The van der Waals surface area contributed by atoms with E-state index >= 15 is 0 Å². The molecule has 5 nitrogen and oxygen atoms in total. The number of carbonyl (C=O) groups is 2. The lowest BCUT2D eigenvalue weighted by atomic mass is 10.1. The van der Waals surface area contributed by atoms with Crippen molar-refractivity contribution in [1.29, 1.82) is 0 Å². The van der Waals surface area contributed by atoms with Crippen LogP contribution in [0.25, 0.3) is 0 Å². The minimum Gasteiger partial charge on any atom is -0.335 e. The number of rotatable bonds is 4. The number of hydrogen-bond donors (Lipinski definition) is 1. The second-order valence-corrected chi connectivity index (χ2v) is 5.77. The van der Waals surface area contributed by atoms with Gasteiger partial charge in [-0.15, -0.1) is 12.4 Å². The zero-order chi connectivity index (χ0) is 15.4. The summed E-state index contributed by atoms with van der Waals surface area (Å²) in [7, 11) is 0. The van der Waals surface area contributed by atoms with E-state index < -0.39 is 0 Å². The van der Waals surface area contributed by atoms with Crippen LogP contribution in [-0.2, 0) is 16.1 Å². The molecule has 122 valence electrons. The summed E-state index contributed by atoms with van der Waals surface area (Å²) in [5.41, 5.74) is 6.53. The zero-order valence-corrected chi connectivity index (χ0v) is 14.1. The number of benzene rings is 1. The fraction of sp³-hybridized carbons (Fsp3) is 0.467. The summed E-state index contributed by atoms with van der Waals surface area (Å²) in [6.45, 7) is 3.87. The average molecular weight is 346 g/mol. The van der Waals surface area contributed by atoms with Crippen LogP contribution in [0.5, 0.6) is 0 Å². The molecule has 2 N–H and O–H groups in total. The Morgan fingerprint density at radius 2 is 1.95 bits per heavy atom. The summed E-state index contributed by atoms with van der Waals surface area (Å²) in [6.07, 6.45) is 0. The van der Waals surface area contributed by atoms with Gasteiger partial charge in [0.15, 0.2) is 0 Å². The Labute approximate surface area is 141 Å². The molecule has 1 saturated heterocycles. The van der Waals surface area contributed by atoms with E-state index in [-0.39, 0.29) is 36.7 Å². The van der Waals surface area contributed by atoms with Gasteiger partial charge in [-0.05, 0) is 17.7 Å². The number of piperazine rings is 1. The van der Waals surface area contributed by atoms with Crippen molar-refractivity contribution in [3.8, 4) is 0 Å².